The fourth-order valence-corrected chi connectivity index (χ4v) is 1.55. The first-order chi connectivity index (χ1) is 8.43. The highest BCUT2D eigenvalue weighted by atomic mass is 19.2. The largest absolute Gasteiger partial charge is 0.323 e. The molecule has 0 radical (unpaired) electrons. The van der Waals surface area contributed by atoms with Crippen LogP contribution < -0.4 is 10.6 Å². The molecule has 1 aromatic rings. The lowest BCUT2D eigenvalue weighted by Crippen LogP contribution is -2.30. The van der Waals surface area contributed by atoms with Crippen LogP contribution in [0.5, 0.6) is 0 Å². The van der Waals surface area contributed by atoms with Gasteiger partial charge in [0.05, 0.1) is 5.69 Å². The van der Waals surface area contributed by atoms with Crippen LogP contribution in [0.15, 0.2) is 12.1 Å². The molecule has 0 saturated carbocycles. The molecule has 0 aliphatic rings. The maximum absolute atomic E-state index is 13.3. The average molecular weight is 260 g/mol. The molecular formula is C12H15F3N2O. The zero-order valence-electron chi connectivity index (χ0n) is 10.2. The number of carbonyl (C=O) groups excluding carboxylic acids is 1. The molecule has 0 saturated heterocycles. The van der Waals surface area contributed by atoms with Crippen LogP contribution in [0.25, 0.3) is 0 Å². The number of halogens is 3. The summed E-state index contributed by atoms with van der Waals surface area (Å²) in [6.07, 6.45) is 0.0887. The van der Waals surface area contributed by atoms with Crippen LogP contribution in [-0.4, -0.2) is 18.5 Å². The lowest BCUT2D eigenvalue weighted by molar-refractivity contribution is -0.116. The smallest absolute Gasteiger partial charge is 0.226 e. The normalized spacial score (nSPS) is 12.3. The van der Waals surface area contributed by atoms with E-state index in [9.17, 15) is 18.0 Å². The fraction of sp³-hybridized carbons (Fsp3) is 0.417. The Morgan fingerprint density at radius 1 is 1.33 bits per heavy atom. The predicted molar refractivity (Wildman–Crippen MR) is 62.7 cm³/mol. The van der Waals surface area contributed by atoms with Gasteiger partial charge < -0.3 is 10.6 Å². The van der Waals surface area contributed by atoms with E-state index in [1.54, 1.807) is 6.92 Å². The van der Waals surface area contributed by atoms with Gasteiger partial charge in [-0.1, -0.05) is 6.92 Å². The topological polar surface area (TPSA) is 41.1 Å². The Kier molecular flexibility index (Phi) is 5.15. The molecule has 0 fully saturated rings. The predicted octanol–water partition coefficient (Wildman–Crippen LogP) is 2.43. The van der Waals surface area contributed by atoms with Crippen molar-refractivity contribution < 1.29 is 18.0 Å². The molecule has 1 rings (SSSR count). The molecule has 1 amide bonds. The number of amides is 1. The first-order valence-corrected chi connectivity index (χ1v) is 5.61. The van der Waals surface area contributed by atoms with E-state index in [0.29, 0.717) is 12.6 Å². The van der Waals surface area contributed by atoms with Crippen LogP contribution in [-0.2, 0) is 4.79 Å². The van der Waals surface area contributed by atoms with Crippen LogP contribution in [0, 0.1) is 17.5 Å². The number of rotatable bonds is 5. The molecule has 0 aliphatic carbocycles. The standard InChI is InChI=1S/C12H15F3N2O/c1-3-16-7(2)4-11(18)17-10-6-8(13)5-9(14)12(10)15/h5-7,16H,3-4H2,1-2H3,(H,17,18). The van der Waals surface area contributed by atoms with Crippen molar-refractivity contribution in [2.45, 2.75) is 26.3 Å². The van der Waals surface area contributed by atoms with E-state index in [4.69, 9.17) is 0 Å². The first-order valence-electron chi connectivity index (χ1n) is 5.61. The molecule has 1 unspecified atom stereocenters. The Labute approximate surface area is 103 Å². The Morgan fingerprint density at radius 3 is 2.61 bits per heavy atom. The number of benzene rings is 1. The highest BCUT2D eigenvalue weighted by Crippen LogP contribution is 2.19. The minimum Gasteiger partial charge on any atom is -0.323 e. The van der Waals surface area contributed by atoms with E-state index in [-0.39, 0.29) is 12.5 Å². The molecule has 2 N–H and O–H groups in total. The fourth-order valence-electron chi connectivity index (χ4n) is 1.55. The first kappa shape index (κ1) is 14.5. The number of anilines is 1. The van der Waals surface area contributed by atoms with Gasteiger partial charge in [-0.2, -0.15) is 0 Å². The highest BCUT2D eigenvalue weighted by Gasteiger charge is 2.14. The van der Waals surface area contributed by atoms with Gasteiger partial charge in [-0.05, 0) is 13.5 Å². The second kappa shape index (κ2) is 6.39. The van der Waals surface area contributed by atoms with Gasteiger partial charge in [0.2, 0.25) is 5.91 Å². The summed E-state index contributed by atoms with van der Waals surface area (Å²) in [7, 11) is 0. The monoisotopic (exact) mass is 260 g/mol. The van der Waals surface area contributed by atoms with Crippen molar-refractivity contribution in [3.05, 3.63) is 29.6 Å². The summed E-state index contributed by atoms with van der Waals surface area (Å²) in [5.74, 6) is -4.04. The maximum Gasteiger partial charge on any atom is 0.226 e. The van der Waals surface area contributed by atoms with Gasteiger partial charge in [0.15, 0.2) is 11.6 Å². The third-order valence-electron chi connectivity index (χ3n) is 2.31. The molecule has 0 heterocycles. The zero-order chi connectivity index (χ0) is 13.7. The van der Waals surface area contributed by atoms with Crippen LogP contribution >= 0.6 is 0 Å². The quantitative estimate of drug-likeness (QED) is 0.798. The van der Waals surface area contributed by atoms with Crippen LogP contribution in [0.1, 0.15) is 20.3 Å². The van der Waals surface area contributed by atoms with Crippen molar-refractivity contribution in [1.82, 2.24) is 5.32 Å². The van der Waals surface area contributed by atoms with Crippen LogP contribution in [0.3, 0.4) is 0 Å². The second-order valence-electron chi connectivity index (χ2n) is 3.96. The van der Waals surface area contributed by atoms with Crippen molar-refractivity contribution >= 4 is 11.6 Å². The third-order valence-corrected chi connectivity index (χ3v) is 2.31. The van der Waals surface area contributed by atoms with E-state index in [1.165, 1.54) is 0 Å². The highest BCUT2D eigenvalue weighted by molar-refractivity contribution is 5.91. The van der Waals surface area contributed by atoms with Crippen molar-refractivity contribution in [3.63, 3.8) is 0 Å². The van der Waals surface area contributed by atoms with E-state index >= 15 is 0 Å². The number of nitrogens with one attached hydrogen (secondary N) is 2. The summed E-state index contributed by atoms with van der Waals surface area (Å²) in [5, 5.41) is 5.14. The van der Waals surface area contributed by atoms with Crippen molar-refractivity contribution in [2.24, 2.45) is 0 Å². The van der Waals surface area contributed by atoms with Crippen molar-refractivity contribution in [3.8, 4) is 0 Å². The van der Waals surface area contributed by atoms with Crippen LogP contribution in [0.4, 0.5) is 18.9 Å². The van der Waals surface area contributed by atoms with Gasteiger partial charge in [-0.15, -0.1) is 0 Å². The Hall–Kier alpha value is -1.56. The molecule has 0 aliphatic heterocycles. The minimum atomic E-state index is -1.33. The Balaban J connectivity index is 2.70. The van der Waals surface area contributed by atoms with Gasteiger partial charge in [0, 0.05) is 24.6 Å². The molecule has 1 aromatic carbocycles. The second-order valence-corrected chi connectivity index (χ2v) is 3.96. The van der Waals surface area contributed by atoms with Gasteiger partial charge >= 0.3 is 0 Å². The summed E-state index contributed by atoms with van der Waals surface area (Å²) >= 11 is 0. The van der Waals surface area contributed by atoms with Crippen LogP contribution in [0.2, 0.25) is 0 Å². The van der Waals surface area contributed by atoms with E-state index in [0.717, 1.165) is 6.07 Å². The van der Waals surface area contributed by atoms with Gasteiger partial charge in [0.25, 0.3) is 0 Å². The summed E-state index contributed by atoms with van der Waals surface area (Å²) in [6.45, 7) is 4.36. The van der Waals surface area contributed by atoms with Crippen molar-refractivity contribution in [1.29, 1.82) is 0 Å². The van der Waals surface area contributed by atoms with Gasteiger partial charge in [-0.3, -0.25) is 4.79 Å². The molecule has 100 valence electrons. The molecule has 18 heavy (non-hydrogen) atoms. The molecule has 0 aromatic heterocycles. The summed E-state index contributed by atoms with van der Waals surface area (Å²) in [6, 6.07) is 1.07. The Bertz CT molecular complexity index is 438. The summed E-state index contributed by atoms with van der Waals surface area (Å²) in [4.78, 5) is 11.5. The molecular weight excluding hydrogens is 245 g/mol. The number of hydrogen-bond donors (Lipinski definition) is 2. The summed E-state index contributed by atoms with van der Waals surface area (Å²) < 4.78 is 39.0. The molecule has 0 bridgehead atoms. The number of carbonyl (C=O) groups is 1. The average Bonchev–Trinajstić information content (AvgIpc) is 2.25. The Morgan fingerprint density at radius 2 is 2.00 bits per heavy atom. The molecule has 0 spiro atoms. The molecule has 6 heteroatoms. The SMILES string of the molecule is CCNC(C)CC(=O)Nc1cc(F)cc(F)c1F. The lowest BCUT2D eigenvalue weighted by Gasteiger charge is -2.12. The van der Waals surface area contributed by atoms with Gasteiger partial charge in [0.1, 0.15) is 5.82 Å². The minimum absolute atomic E-state index is 0.0887. The van der Waals surface area contributed by atoms with Crippen molar-refractivity contribution in [2.75, 3.05) is 11.9 Å². The lowest BCUT2D eigenvalue weighted by atomic mass is 10.2. The van der Waals surface area contributed by atoms with Gasteiger partial charge in [-0.25, -0.2) is 13.2 Å². The zero-order valence-corrected chi connectivity index (χ0v) is 10.2. The molecule has 3 nitrogen and oxygen atoms in total. The van der Waals surface area contributed by atoms with E-state index < -0.39 is 29.0 Å². The number of hydrogen-bond acceptors (Lipinski definition) is 2. The molecule has 1 atom stereocenters. The maximum atomic E-state index is 13.3. The van der Waals surface area contributed by atoms with E-state index in [2.05, 4.69) is 10.6 Å². The van der Waals surface area contributed by atoms with E-state index in [1.807, 2.05) is 6.92 Å². The summed E-state index contributed by atoms with van der Waals surface area (Å²) in [5.41, 5.74) is -0.485. The third kappa shape index (κ3) is 4.03.